The number of aromatic nitrogens is 2. The molecule has 8 heteroatoms. The van der Waals surface area contributed by atoms with Crippen molar-refractivity contribution in [3.8, 4) is 0 Å². The molecule has 1 aliphatic heterocycles. The second kappa shape index (κ2) is 14.9. The number of aryl methyl sites for hydroxylation is 1. The molecule has 3 rings (SSSR count). The largest absolute Gasteiger partial charge is 0.378 e. The molecule has 0 aromatic carbocycles. The number of nitrogens with one attached hydrogen (secondary N) is 2. The lowest BCUT2D eigenvalue weighted by Gasteiger charge is -2.34. The van der Waals surface area contributed by atoms with E-state index in [9.17, 15) is 0 Å². The molecule has 1 aromatic heterocycles. The number of unbranched alkanes of at least 4 members (excludes halogenated alkanes) is 1. The number of guanidine groups is 1. The van der Waals surface area contributed by atoms with Crippen molar-refractivity contribution in [2.24, 2.45) is 12.0 Å². The molecule has 2 fully saturated rings. The summed E-state index contributed by atoms with van der Waals surface area (Å²) < 4.78 is 7.97. The van der Waals surface area contributed by atoms with Crippen molar-refractivity contribution in [3.05, 3.63) is 12.4 Å². The topological polar surface area (TPSA) is 66.7 Å². The minimum absolute atomic E-state index is 0. The van der Waals surface area contributed by atoms with Crippen molar-refractivity contribution in [1.82, 2.24) is 20.4 Å². The van der Waals surface area contributed by atoms with Crippen molar-refractivity contribution >= 4 is 35.6 Å². The molecule has 0 amide bonds. The lowest BCUT2D eigenvalue weighted by Crippen LogP contribution is -2.51. The van der Waals surface area contributed by atoms with Crippen LogP contribution < -0.4 is 15.5 Å². The second-order valence-corrected chi connectivity index (χ2v) is 8.75. The van der Waals surface area contributed by atoms with Crippen LogP contribution in [0.4, 0.5) is 5.69 Å². The molecule has 1 saturated carbocycles. The standard InChI is InChI=1S/C23H42N6O.HI/c1-3-24-23(25-14-8-9-16-30-22-12-6-4-5-7-13-22)27-20-11-10-15-29(18-20)21-17-26-28(2)19-21;/h17,19-20,22H,3-16,18H2,1-2H3,(H2,24,25,27);1H. The molecule has 1 aliphatic carbocycles. The molecule has 31 heavy (non-hydrogen) atoms. The van der Waals surface area contributed by atoms with Crippen LogP contribution in [0.3, 0.4) is 0 Å². The third-order valence-electron chi connectivity index (χ3n) is 6.14. The summed E-state index contributed by atoms with van der Waals surface area (Å²) in [5.74, 6) is 0.945. The van der Waals surface area contributed by atoms with Gasteiger partial charge in [0.1, 0.15) is 0 Å². The number of piperidine rings is 1. The summed E-state index contributed by atoms with van der Waals surface area (Å²) in [6.45, 7) is 6.83. The van der Waals surface area contributed by atoms with E-state index in [1.54, 1.807) is 0 Å². The third kappa shape index (κ3) is 9.55. The number of nitrogens with zero attached hydrogens (tertiary/aromatic N) is 4. The fourth-order valence-electron chi connectivity index (χ4n) is 4.48. The average molecular weight is 547 g/mol. The van der Waals surface area contributed by atoms with Crippen molar-refractivity contribution < 1.29 is 4.74 Å². The Morgan fingerprint density at radius 1 is 1.16 bits per heavy atom. The minimum atomic E-state index is 0. The molecule has 1 atom stereocenters. The van der Waals surface area contributed by atoms with Gasteiger partial charge in [-0.05, 0) is 45.4 Å². The Kier molecular flexibility index (Phi) is 12.6. The molecule has 7 nitrogen and oxygen atoms in total. The number of hydrogen-bond acceptors (Lipinski definition) is 4. The van der Waals surface area contributed by atoms with Gasteiger partial charge in [-0.3, -0.25) is 9.67 Å². The molecule has 0 radical (unpaired) electrons. The summed E-state index contributed by atoms with van der Waals surface area (Å²) in [7, 11) is 1.97. The van der Waals surface area contributed by atoms with E-state index in [-0.39, 0.29) is 24.0 Å². The molecule has 2 aliphatic rings. The van der Waals surface area contributed by atoms with Crippen LogP contribution in [0.1, 0.15) is 71.1 Å². The highest BCUT2D eigenvalue weighted by molar-refractivity contribution is 14.0. The smallest absolute Gasteiger partial charge is 0.191 e. The SMILES string of the molecule is CCNC(=NCCCCOC1CCCCCC1)NC1CCCN(c2cnn(C)c2)C1.I. The van der Waals surface area contributed by atoms with E-state index in [4.69, 9.17) is 9.73 Å². The summed E-state index contributed by atoms with van der Waals surface area (Å²) in [6.07, 6.45) is 17.0. The van der Waals surface area contributed by atoms with Crippen molar-refractivity contribution in [3.63, 3.8) is 0 Å². The third-order valence-corrected chi connectivity index (χ3v) is 6.14. The quantitative estimate of drug-likeness (QED) is 0.161. The monoisotopic (exact) mass is 546 g/mol. The average Bonchev–Trinajstić information content (AvgIpc) is 3.02. The van der Waals surface area contributed by atoms with Crippen LogP contribution >= 0.6 is 24.0 Å². The molecule has 178 valence electrons. The summed E-state index contributed by atoms with van der Waals surface area (Å²) in [6, 6.07) is 0.412. The van der Waals surface area contributed by atoms with Gasteiger partial charge >= 0.3 is 0 Å². The number of halogens is 1. The molecule has 2 N–H and O–H groups in total. The predicted octanol–water partition coefficient (Wildman–Crippen LogP) is 4.08. The summed E-state index contributed by atoms with van der Waals surface area (Å²) in [5.41, 5.74) is 1.21. The van der Waals surface area contributed by atoms with Gasteiger partial charge in [-0.15, -0.1) is 24.0 Å². The minimum Gasteiger partial charge on any atom is -0.378 e. The van der Waals surface area contributed by atoms with Gasteiger partial charge in [0.2, 0.25) is 0 Å². The zero-order chi connectivity index (χ0) is 21.0. The van der Waals surface area contributed by atoms with Crippen LogP contribution in [-0.2, 0) is 11.8 Å². The van der Waals surface area contributed by atoms with Crippen LogP contribution in [0.2, 0.25) is 0 Å². The van der Waals surface area contributed by atoms with Gasteiger partial charge in [0.25, 0.3) is 0 Å². The Morgan fingerprint density at radius 2 is 1.97 bits per heavy atom. The summed E-state index contributed by atoms with van der Waals surface area (Å²) >= 11 is 0. The van der Waals surface area contributed by atoms with E-state index in [2.05, 4.69) is 33.8 Å². The first kappa shape index (κ1) is 26.2. The number of ether oxygens (including phenoxy) is 1. The highest BCUT2D eigenvalue weighted by Crippen LogP contribution is 2.20. The van der Waals surface area contributed by atoms with Gasteiger partial charge in [-0.1, -0.05) is 25.7 Å². The van der Waals surface area contributed by atoms with Gasteiger partial charge in [0, 0.05) is 52.1 Å². The zero-order valence-electron chi connectivity index (χ0n) is 19.5. The van der Waals surface area contributed by atoms with Crippen LogP contribution in [0.25, 0.3) is 0 Å². The van der Waals surface area contributed by atoms with E-state index in [1.807, 2.05) is 17.9 Å². The molecule has 0 bridgehead atoms. The molecular formula is C23H43IN6O. The maximum Gasteiger partial charge on any atom is 0.191 e. The fraction of sp³-hybridized carbons (Fsp3) is 0.826. The maximum atomic E-state index is 6.10. The van der Waals surface area contributed by atoms with Gasteiger partial charge in [0.05, 0.1) is 18.0 Å². The van der Waals surface area contributed by atoms with Crippen LogP contribution in [-0.4, -0.2) is 60.7 Å². The van der Waals surface area contributed by atoms with Crippen LogP contribution in [0.5, 0.6) is 0 Å². The van der Waals surface area contributed by atoms with Gasteiger partial charge in [-0.2, -0.15) is 5.10 Å². The Bertz CT molecular complexity index is 629. The molecule has 2 heterocycles. The Hall–Kier alpha value is -1.03. The van der Waals surface area contributed by atoms with E-state index in [0.717, 1.165) is 51.6 Å². The first-order valence-corrected chi connectivity index (χ1v) is 12.1. The van der Waals surface area contributed by atoms with Gasteiger partial charge in [-0.25, -0.2) is 0 Å². The van der Waals surface area contributed by atoms with Gasteiger partial charge < -0.3 is 20.3 Å². The number of aliphatic imine (C=N–C) groups is 1. The molecule has 0 spiro atoms. The molecular weight excluding hydrogens is 503 g/mol. The lowest BCUT2D eigenvalue weighted by atomic mass is 10.1. The zero-order valence-corrected chi connectivity index (χ0v) is 21.9. The Morgan fingerprint density at radius 3 is 2.68 bits per heavy atom. The molecule has 1 saturated heterocycles. The predicted molar refractivity (Wildman–Crippen MR) is 140 cm³/mol. The molecule has 1 aromatic rings. The first-order valence-electron chi connectivity index (χ1n) is 12.1. The summed E-state index contributed by atoms with van der Waals surface area (Å²) in [4.78, 5) is 7.23. The Balaban J connectivity index is 0.00000341. The number of rotatable bonds is 9. The van der Waals surface area contributed by atoms with Crippen LogP contribution in [0.15, 0.2) is 17.4 Å². The van der Waals surface area contributed by atoms with E-state index < -0.39 is 0 Å². The maximum absolute atomic E-state index is 6.10. The summed E-state index contributed by atoms with van der Waals surface area (Å²) in [5, 5.41) is 11.4. The van der Waals surface area contributed by atoms with E-state index >= 15 is 0 Å². The van der Waals surface area contributed by atoms with Crippen LogP contribution in [0, 0.1) is 0 Å². The second-order valence-electron chi connectivity index (χ2n) is 8.75. The molecule has 1 unspecified atom stereocenters. The lowest BCUT2D eigenvalue weighted by molar-refractivity contribution is 0.0413. The number of anilines is 1. The Labute approximate surface area is 205 Å². The van der Waals surface area contributed by atoms with Gasteiger partial charge in [0.15, 0.2) is 5.96 Å². The first-order chi connectivity index (χ1) is 14.7. The highest BCUT2D eigenvalue weighted by atomic mass is 127. The van der Waals surface area contributed by atoms with E-state index in [0.29, 0.717) is 12.1 Å². The van der Waals surface area contributed by atoms with Crippen molar-refractivity contribution in [2.45, 2.75) is 83.3 Å². The van der Waals surface area contributed by atoms with Crippen molar-refractivity contribution in [2.75, 3.05) is 37.7 Å². The van der Waals surface area contributed by atoms with E-state index in [1.165, 1.54) is 57.1 Å². The highest BCUT2D eigenvalue weighted by Gasteiger charge is 2.21. The van der Waals surface area contributed by atoms with Crippen molar-refractivity contribution in [1.29, 1.82) is 0 Å². The number of hydrogen-bond donors (Lipinski definition) is 2. The normalized spacial score (nSPS) is 20.8. The fourth-order valence-corrected chi connectivity index (χ4v) is 4.48.